The Morgan fingerprint density at radius 3 is 2.11 bits per heavy atom. The quantitative estimate of drug-likeness (QED) is 0.575. The van der Waals surface area contributed by atoms with Crippen molar-refractivity contribution in [2.75, 3.05) is 12.4 Å². The van der Waals surface area contributed by atoms with Gasteiger partial charge in [-0.3, -0.25) is 4.79 Å². The molecule has 0 unspecified atom stereocenters. The molecule has 1 aliphatic heterocycles. The summed E-state index contributed by atoms with van der Waals surface area (Å²) >= 11 is 5.70. The maximum absolute atomic E-state index is 13.2. The fourth-order valence-corrected chi connectivity index (χ4v) is 3.42. The summed E-state index contributed by atoms with van der Waals surface area (Å²) in [5.41, 5.74) is -0.315. The van der Waals surface area contributed by atoms with Crippen molar-refractivity contribution in [3.63, 3.8) is 0 Å². The molecule has 1 aliphatic rings. The van der Waals surface area contributed by atoms with Gasteiger partial charge in [-0.1, -0.05) is 48.6 Å². The van der Waals surface area contributed by atoms with E-state index in [4.69, 9.17) is 16.3 Å². The second-order valence-electron chi connectivity index (χ2n) is 6.13. The molecule has 0 spiro atoms. The van der Waals surface area contributed by atoms with Crippen molar-refractivity contribution in [2.24, 2.45) is 0 Å². The van der Waals surface area contributed by atoms with E-state index in [1.807, 2.05) is 0 Å². The van der Waals surface area contributed by atoms with Gasteiger partial charge < -0.3 is 10.1 Å². The zero-order valence-electron chi connectivity index (χ0n) is 14.2. The first-order valence-electron chi connectivity index (χ1n) is 8.31. The molecule has 3 rings (SSSR count). The fourth-order valence-electron chi connectivity index (χ4n) is 3.29. The number of para-hydroxylation sites is 2. The molecule has 0 atom stereocenters. The zero-order chi connectivity index (χ0) is 19.5. The Morgan fingerprint density at radius 1 is 1.04 bits per heavy atom. The number of nitrogens with one attached hydrogen (secondary N) is 1. The van der Waals surface area contributed by atoms with Crippen LogP contribution in [0.1, 0.15) is 17.5 Å². The van der Waals surface area contributed by atoms with Crippen LogP contribution in [-0.2, 0) is 10.2 Å². The summed E-state index contributed by atoms with van der Waals surface area (Å²) in [6, 6.07) is 13.8. The molecule has 2 aromatic carbocycles. The molecule has 0 saturated carbocycles. The minimum atomic E-state index is -4.51. The number of amides is 1. The van der Waals surface area contributed by atoms with Crippen LogP contribution in [-0.4, -0.2) is 24.5 Å². The highest BCUT2D eigenvalue weighted by atomic mass is 35.5. The third-order valence-corrected chi connectivity index (χ3v) is 4.61. The van der Waals surface area contributed by atoms with E-state index in [0.717, 1.165) is 0 Å². The number of fused-ring (bicyclic) bond motifs is 2. The lowest BCUT2D eigenvalue weighted by Crippen LogP contribution is -2.49. The van der Waals surface area contributed by atoms with Gasteiger partial charge in [0.2, 0.25) is 5.91 Å². The van der Waals surface area contributed by atoms with Gasteiger partial charge in [0.05, 0.1) is 0 Å². The molecule has 0 saturated heterocycles. The van der Waals surface area contributed by atoms with E-state index in [1.54, 1.807) is 60.7 Å². The van der Waals surface area contributed by atoms with Crippen LogP contribution in [0, 0.1) is 0 Å². The Morgan fingerprint density at radius 2 is 1.59 bits per heavy atom. The van der Waals surface area contributed by atoms with Crippen LogP contribution >= 0.6 is 11.6 Å². The average molecular weight is 396 g/mol. The zero-order valence-corrected chi connectivity index (χ0v) is 15.0. The Balaban J connectivity index is 2.16. The van der Waals surface area contributed by atoms with Crippen LogP contribution in [0.4, 0.5) is 13.2 Å². The number of hydrogen-bond donors (Lipinski definition) is 1. The number of carbonyl (C=O) groups is 1. The van der Waals surface area contributed by atoms with Crippen molar-refractivity contribution in [2.45, 2.75) is 18.0 Å². The first-order valence-corrected chi connectivity index (χ1v) is 8.85. The molecular formula is C20H17ClF3NO2. The first-order chi connectivity index (χ1) is 12.9. The predicted octanol–water partition coefficient (Wildman–Crippen LogP) is 4.94. The third-order valence-electron chi connectivity index (χ3n) is 4.43. The summed E-state index contributed by atoms with van der Waals surface area (Å²) in [5, 5.41) is 2.06. The van der Waals surface area contributed by atoms with E-state index in [2.05, 4.69) is 5.32 Å². The van der Waals surface area contributed by atoms with E-state index in [0.29, 0.717) is 22.6 Å². The summed E-state index contributed by atoms with van der Waals surface area (Å²) in [4.78, 5) is 13.2. The lowest BCUT2D eigenvalue weighted by atomic mass is 9.69. The number of benzene rings is 2. The Labute approximate surface area is 159 Å². The van der Waals surface area contributed by atoms with E-state index < -0.39 is 24.0 Å². The van der Waals surface area contributed by atoms with E-state index in [-0.39, 0.29) is 12.3 Å². The smallest absolute Gasteiger partial charge is 0.405 e. The molecule has 0 fully saturated rings. The summed E-state index contributed by atoms with van der Waals surface area (Å²) in [6.07, 6.45) is -0.978. The van der Waals surface area contributed by atoms with Crippen LogP contribution in [0.25, 0.3) is 0 Å². The Bertz CT molecular complexity index is 819. The molecule has 1 heterocycles. The predicted molar refractivity (Wildman–Crippen MR) is 97.3 cm³/mol. The minimum absolute atomic E-state index is 0.154. The largest absolute Gasteiger partial charge is 0.457 e. The number of carbonyl (C=O) groups excluding carboxylic acids is 1. The van der Waals surface area contributed by atoms with E-state index in [1.165, 1.54) is 0 Å². The molecule has 2 aromatic rings. The van der Waals surface area contributed by atoms with Crippen LogP contribution in [0.2, 0.25) is 0 Å². The van der Waals surface area contributed by atoms with Gasteiger partial charge in [-0.2, -0.15) is 13.2 Å². The van der Waals surface area contributed by atoms with Gasteiger partial charge in [0.15, 0.2) is 0 Å². The molecule has 3 nitrogen and oxygen atoms in total. The second kappa shape index (κ2) is 7.64. The highest BCUT2D eigenvalue weighted by Crippen LogP contribution is 2.50. The van der Waals surface area contributed by atoms with Crippen molar-refractivity contribution in [3.05, 3.63) is 71.8 Å². The number of hydrogen-bond acceptors (Lipinski definition) is 2. The molecule has 27 heavy (non-hydrogen) atoms. The number of rotatable bonds is 5. The van der Waals surface area contributed by atoms with Crippen LogP contribution in [0.15, 0.2) is 60.7 Å². The summed E-state index contributed by atoms with van der Waals surface area (Å²) in [7, 11) is 0. The maximum Gasteiger partial charge on any atom is 0.405 e. The summed E-state index contributed by atoms with van der Waals surface area (Å²) < 4.78 is 44.1. The van der Waals surface area contributed by atoms with Gasteiger partial charge in [-0.15, -0.1) is 11.6 Å². The number of alkyl halides is 4. The van der Waals surface area contributed by atoms with Gasteiger partial charge in [0.1, 0.15) is 23.5 Å². The second-order valence-corrected chi connectivity index (χ2v) is 6.44. The molecule has 0 aromatic heterocycles. The lowest BCUT2D eigenvalue weighted by Gasteiger charge is -2.38. The van der Waals surface area contributed by atoms with E-state index >= 15 is 0 Å². The van der Waals surface area contributed by atoms with Crippen molar-refractivity contribution < 1.29 is 22.7 Å². The van der Waals surface area contributed by atoms with Crippen LogP contribution in [0.3, 0.4) is 0 Å². The highest BCUT2D eigenvalue weighted by Gasteiger charge is 2.48. The lowest BCUT2D eigenvalue weighted by molar-refractivity contribution is -0.141. The maximum atomic E-state index is 13.2. The monoisotopic (exact) mass is 395 g/mol. The summed E-state index contributed by atoms with van der Waals surface area (Å²) in [5.74, 6) is 0.387. The normalized spacial score (nSPS) is 15.0. The van der Waals surface area contributed by atoms with Crippen LogP contribution < -0.4 is 10.1 Å². The SMILES string of the molecule is O=C(NCC(F)(F)F)C1(C/C=C/CCl)c2ccccc2Oc2ccccc21. The van der Waals surface area contributed by atoms with Crippen molar-refractivity contribution >= 4 is 17.5 Å². The number of halogens is 4. The summed E-state index contributed by atoms with van der Waals surface area (Å²) in [6.45, 7) is -1.40. The Kier molecular flexibility index (Phi) is 5.46. The average Bonchev–Trinajstić information content (AvgIpc) is 2.65. The number of ether oxygens (including phenoxy) is 1. The molecule has 0 aliphatic carbocycles. The van der Waals surface area contributed by atoms with Crippen molar-refractivity contribution in [3.8, 4) is 11.5 Å². The topological polar surface area (TPSA) is 38.3 Å². The standard InChI is InChI=1S/C20H17ClF3NO2/c21-12-6-5-11-19(18(26)25-13-20(22,23)24)14-7-1-3-9-16(14)27-17-10-4-2-8-15(17)19/h1-10H,11-13H2,(H,25,26)/b6-5+. The molecule has 1 N–H and O–H groups in total. The molecular weight excluding hydrogens is 379 g/mol. The first kappa shape index (κ1) is 19.3. The van der Waals surface area contributed by atoms with Crippen molar-refractivity contribution in [1.82, 2.24) is 5.32 Å². The third kappa shape index (κ3) is 3.81. The molecule has 7 heteroatoms. The highest BCUT2D eigenvalue weighted by molar-refractivity contribution is 6.18. The van der Waals surface area contributed by atoms with E-state index in [9.17, 15) is 18.0 Å². The van der Waals surface area contributed by atoms with Gasteiger partial charge in [-0.25, -0.2) is 0 Å². The molecule has 142 valence electrons. The Hall–Kier alpha value is -2.47. The van der Waals surface area contributed by atoms with Gasteiger partial charge in [-0.05, 0) is 18.6 Å². The fraction of sp³-hybridized carbons (Fsp3) is 0.250. The van der Waals surface area contributed by atoms with Crippen LogP contribution in [0.5, 0.6) is 11.5 Å². The van der Waals surface area contributed by atoms with Gasteiger partial charge in [0, 0.05) is 17.0 Å². The number of allylic oxidation sites excluding steroid dienone is 2. The van der Waals surface area contributed by atoms with Crippen molar-refractivity contribution in [1.29, 1.82) is 0 Å². The molecule has 1 amide bonds. The van der Waals surface area contributed by atoms with Gasteiger partial charge in [0.25, 0.3) is 0 Å². The van der Waals surface area contributed by atoms with Gasteiger partial charge >= 0.3 is 6.18 Å². The molecule has 0 bridgehead atoms. The minimum Gasteiger partial charge on any atom is -0.457 e. The molecule has 0 radical (unpaired) electrons.